The van der Waals surface area contributed by atoms with Gasteiger partial charge in [0.2, 0.25) is 17.8 Å². The lowest BCUT2D eigenvalue weighted by atomic mass is 10.3. The van der Waals surface area contributed by atoms with E-state index >= 15 is 0 Å². The van der Waals surface area contributed by atoms with Crippen LogP contribution in [0, 0.1) is 0 Å². The molecular formula is C24H32F2N8O3. The molecule has 0 unspecified atom stereocenters. The molecule has 0 aliphatic carbocycles. The number of morpholine rings is 2. The summed E-state index contributed by atoms with van der Waals surface area (Å²) in [6, 6.07) is 5.24. The molecule has 37 heavy (non-hydrogen) atoms. The van der Waals surface area contributed by atoms with Crippen molar-refractivity contribution < 1.29 is 23.0 Å². The van der Waals surface area contributed by atoms with Crippen LogP contribution in [0.2, 0.25) is 0 Å². The fourth-order valence-electron chi connectivity index (χ4n) is 4.38. The molecule has 0 amide bonds. The molecule has 2 fully saturated rings. The second-order valence-electron chi connectivity index (χ2n) is 9.17. The van der Waals surface area contributed by atoms with Crippen LogP contribution in [0.4, 0.5) is 20.7 Å². The molecule has 2 aliphatic rings. The third-order valence-corrected chi connectivity index (χ3v) is 6.26. The van der Waals surface area contributed by atoms with Crippen LogP contribution in [0.3, 0.4) is 0 Å². The molecule has 1 aromatic carbocycles. The van der Waals surface area contributed by atoms with Gasteiger partial charge in [-0.3, -0.25) is 4.57 Å². The number of benzene rings is 1. The normalized spacial score (nSPS) is 16.8. The van der Waals surface area contributed by atoms with Crippen molar-refractivity contribution in [1.82, 2.24) is 29.4 Å². The zero-order valence-corrected chi connectivity index (χ0v) is 21.1. The lowest BCUT2D eigenvalue weighted by Crippen LogP contribution is -2.40. The molecule has 0 atom stereocenters. The number of para-hydroxylation sites is 1. The van der Waals surface area contributed by atoms with Gasteiger partial charge in [0, 0.05) is 32.7 Å². The van der Waals surface area contributed by atoms with E-state index in [1.54, 1.807) is 18.2 Å². The summed E-state index contributed by atoms with van der Waals surface area (Å²) in [5.41, 5.74) is 0.802. The molecule has 2 saturated heterocycles. The molecule has 0 N–H and O–H groups in total. The van der Waals surface area contributed by atoms with Crippen molar-refractivity contribution in [3.05, 3.63) is 24.0 Å². The van der Waals surface area contributed by atoms with Crippen LogP contribution in [-0.4, -0.2) is 109 Å². The lowest BCUT2D eigenvalue weighted by Gasteiger charge is -2.30. The highest BCUT2D eigenvalue weighted by atomic mass is 19.3. The molecule has 0 saturated carbocycles. The Kier molecular flexibility index (Phi) is 7.91. The van der Waals surface area contributed by atoms with Gasteiger partial charge in [-0.15, -0.1) is 0 Å². The van der Waals surface area contributed by atoms with E-state index in [9.17, 15) is 8.78 Å². The largest absolute Gasteiger partial charge is 0.491 e. The van der Waals surface area contributed by atoms with Gasteiger partial charge in [-0.25, -0.2) is 13.8 Å². The predicted molar refractivity (Wildman–Crippen MR) is 134 cm³/mol. The summed E-state index contributed by atoms with van der Waals surface area (Å²) >= 11 is 0. The van der Waals surface area contributed by atoms with Gasteiger partial charge in [0.15, 0.2) is 5.82 Å². The first-order valence-corrected chi connectivity index (χ1v) is 12.5. The highest BCUT2D eigenvalue weighted by Crippen LogP contribution is 2.32. The Morgan fingerprint density at radius 2 is 1.49 bits per heavy atom. The van der Waals surface area contributed by atoms with Crippen molar-refractivity contribution in [2.75, 3.05) is 89.7 Å². The molecule has 2 aliphatic heterocycles. The van der Waals surface area contributed by atoms with Crippen molar-refractivity contribution in [2.24, 2.45) is 0 Å². The maximum Gasteiger partial charge on any atom is 0.296 e. The number of nitrogens with zero attached hydrogens (tertiary/aromatic N) is 8. The number of fused-ring (bicyclic) bond motifs is 1. The summed E-state index contributed by atoms with van der Waals surface area (Å²) < 4.78 is 46.9. The quantitative estimate of drug-likeness (QED) is 0.392. The van der Waals surface area contributed by atoms with E-state index in [0.717, 1.165) is 13.0 Å². The van der Waals surface area contributed by atoms with Crippen LogP contribution in [-0.2, 0) is 9.47 Å². The van der Waals surface area contributed by atoms with Gasteiger partial charge in [0.25, 0.3) is 6.43 Å². The van der Waals surface area contributed by atoms with E-state index in [1.165, 1.54) is 4.57 Å². The summed E-state index contributed by atoms with van der Waals surface area (Å²) in [4.78, 5) is 24.3. The summed E-state index contributed by atoms with van der Waals surface area (Å²) in [5, 5.41) is 0. The molecule has 200 valence electrons. The van der Waals surface area contributed by atoms with Crippen molar-refractivity contribution in [2.45, 2.75) is 12.8 Å². The maximum absolute atomic E-state index is 14.3. The highest BCUT2D eigenvalue weighted by molar-refractivity contribution is 5.84. The van der Waals surface area contributed by atoms with E-state index in [2.05, 4.69) is 19.9 Å². The molecular weight excluding hydrogens is 486 g/mol. The SMILES string of the molecule is CN(C)CCCOc1cccc2c1nc(C(F)F)n2-c1nc(N2CCOCC2)nc(N2CCOCC2)n1. The maximum atomic E-state index is 14.3. The summed E-state index contributed by atoms with van der Waals surface area (Å²) in [7, 11) is 3.98. The predicted octanol–water partition coefficient (Wildman–Crippen LogP) is 2.15. The minimum absolute atomic E-state index is 0.0977. The summed E-state index contributed by atoms with van der Waals surface area (Å²) in [6.07, 6.45) is -2.05. The summed E-state index contributed by atoms with van der Waals surface area (Å²) in [6.45, 7) is 5.86. The van der Waals surface area contributed by atoms with Gasteiger partial charge in [-0.05, 0) is 32.6 Å². The average molecular weight is 519 g/mol. The summed E-state index contributed by atoms with van der Waals surface area (Å²) in [5.74, 6) is 0.959. The Morgan fingerprint density at radius 1 is 0.892 bits per heavy atom. The number of ether oxygens (including phenoxy) is 3. The molecule has 3 aromatic rings. The molecule has 4 heterocycles. The van der Waals surface area contributed by atoms with Crippen molar-refractivity contribution in [3.63, 3.8) is 0 Å². The van der Waals surface area contributed by atoms with E-state index in [1.807, 2.05) is 23.9 Å². The molecule has 0 bridgehead atoms. The minimum Gasteiger partial charge on any atom is -0.491 e. The Bertz CT molecular complexity index is 1160. The first-order chi connectivity index (χ1) is 18.0. The fraction of sp³-hybridized carbons (Fsp3) is 0.583. The second-order valence-corrected chi connectivity index (χ2v) is 9.17. The fourth-order valence-corrected chi connectivity index (χ4v) is 4.38. The average Bonchev–Trinajstić information content (AvgIpc) is 3.33. The topological polar surface area (TPSA) is 93.9 Å². The number of halogens is 2. The molecule has 2 aromatic heterocycles. The Hall–Kier alpha value is -3.16. The number of rotatable bonds is 9. The molecule has 11 nitrogen and oxygen atoms in total. The smallest absolute Gasteiger partial charge is 0.296 e. The van der Waals surface area contributed by atoms with Crippen molar-refractivity contribution in [1.29, 1.82) is 0 Å². The zero-order chi connectivity index (χ0) is 25.8. The third-order valence-electron chi connectivity index (χ3n) is 6.26. The minimum atomic E-state index is -2.84. The monoisotopic (exact) mass is 518 g/mol. The van der Waals surface area contributed by atoms with E-state index in [0.29, 0.717) is 87.9 Å². The van der Waals surface area contributed by atoms with E-state index < -0.39 is 12.2 Å². The third kappa shape index (κ3) is 5.73. The second kappa shape index (κ2) is 11.5. The van der Waals surface area contributed by atoms with Crippen LogP contribution in [0.25, 0.3) is 17.0 Å². The molecule has 13 heteroatoms. The Morgan fingerprint density at radius 3 is 2.05 bits per heavy atom. The van der Waals surface area contributed by atoms with E-state index in [-0.39, 0.29) is 5.95 Å². The van der Waals surface area contributed by atoms with Crippen LogP contribution in [0.15, 0.2) is 18.2 Å². The van der Waals surface area contributed by atoms with Gasteiger partial charge in [-0.2, -0.15) is 15.0 Å². The van der Waals surface area contributed by atoms with Crippen LogP contribution < -0.4 is 14.5 Å². The number of hydrogen-bond donors (Lipinski definition) is 0. The molecule has 0 spiro atoms. The highest BCUT2D eigenvalue weighted by Gasteiger charge is 2.27. The van der Waals surface area contributed by atoms with Gasteiger partial charge in [0.05, 0.1) is 38.6 Å². The number of imidazole rings is 1. The Labute approximate surface area is 214 Å². The standard InChI is InChI=1S/C24H32F2N8O3/c1-31(2)7-4-12-37-18-6-3-5-17-19(18)27-21(20(25)26)34(17)24-29-22(32-8-13-35-14-9-32)28-23(30-24)33-10-15-36-16-11-33/h3,5-6,20H,4,7-16H2,1-2H3. The first kappa shape index (κ1) is 25.5. The van der Waals surface area contributed by atoms with Crippen LogP contribution in [0.5, 0.6) is 5.75 Å². The van der Waals surface area contributed by atoms with Crippen LogP contribution >= 0.6 is 0 Å². The van der Waals surface area contributed by atoms with Crippen LogP contribution in [0.1, 0.15) is 18.7 Å². The van der Waals surface area contributed by atoms with Gasteiger partial charge in [0.1, 0.15) is 11.3 Å². The first-order valence-electron chi connectivity index (χ1n) is 12.5. The van der Waals surface area contributed by atoms with E-state index in [4.69, 9.17) is 19.2 Å². The number of alkyl halides is 2. The Balaban J connectivity index is 1.58. The number of anilines is 2. The van der Waals surface area contributed by atoms with Crippen molar-refractivity contribution >= 4 is 22.9 Å². The zero-order valence-electron chi connectivity index (χ0n) is 21.1. The molecule has 0 radical (unpaired) electrons. The van der Waals surface area contributed by atoms with Gasteiger partial charge < -0.3 is 28.9 Å². The lowest BCUT2D eigenvalue weighted by molar-refractivity contribution is 0.121. The van der Waals surface area contributed by atoms with Crippen molar-refractivity contribution in [3.8, 4) is 11.7 Å². The number of hydrogen-bond acceptors (Lipinski definition) is 10. The molecule has 5 rings (SSSR count). The van der Waals surface area contributed by atoms with Gasteiger partial charge >= 0.3 is 0 Å². The number of aromatic nitrogens is 5. The van der Waals surface area contributed by atoms with Gasteiger partial charge in [-0.1, -0.05) is 6.07 Å².